The topological polar surface area (TPSA) is 62.3 Å². The molecule has 1 aliphatic heterocycles. The van der Waals surface area contributed by atoms with E-state index in [1.54, 1.807) is 17.5 Å². The lowest BCUT2D eigenvalue weighted by Gasteiger charge is -2.32. The number of pyridine rings is 1. The van der Waals surface area contributed by atoms with Gasteiger partial charge in [-0.3, -0.25) is 9.59 Å². The number of piperidine rings is 1. The molecule has 0 bridgehead atoms. The summed E-state index contributed by atoms with van der Waals surface area (Å²) in [5, 5.41) is 5.88. The van der Waals surface area contributed by atoms with E-state index in [0.717, 1.165) is 35.8 Å². The minimum Gasteiger partial charge on any atom is -0.355 e. The molecule has 1 unspecified atom stereocenters. The summed E-state index contributed by atoms with van der Waals surface area (Å²) >= 11 is 3.07. The molecule has 3 rings (SSSR count). The molecule has 26 heavy (non-hydrogen) atoms. The van der Waals surface area contributed by atoms with Crippen LogP contribution in [0, 0.1) is 5.92 Å². The number of rotatable bonds is 7. The number of nitrogens with one attached hydrogen (secondary N) is 1. The van der Waals surface area contributed by atoms with Crippen molar-refractivity contribution in [2.45, 2.75) is 24.3 Å². The van der Waals surface area contributed by atoms with Crippen molar-refractivity contribution in [2.24, 2.45) is 5.92 Å². The minimum absolute atomic E-state index is 0.0570. The zero-order valence-corrected chi connectivity index (χ0v) is 16.2. The molecule has 2 amide bonds. The van der Waals surface area contributed by atoms with E-state index in [4.69, 9.17) is 0 Å². The van der Waals surface area contributed by atoms with E-state index in [0.29, 0.717) is 24.6 Å². The Kier molecular flexibility index (Phi) is 7.08. The third-order valence-electron chi connectivity index (χ3n) is 4.36. The molecule has 0 aromatic carbocycles. The summed E-state index contributed by atoms with van der Waals surface area (Å²) in [6.07, 6.45) is 4.22. The highest BCUT2D eigenvalue weighted by Gasteiger charge is 2.24. The predicted octanol–water partition coefficient (Wildman–Crippen LogP) is 2.83. The highest BCUT2D eigenvalue weighted by atomic mass is 32.2. The molecule has 1 aliphatic rings. The molecule has 2 aromatic heterocycles. The van der Waals surface area contributed by atoms with E-state index in [-0.39, 0.29) is 11.8 Å². The zero-order valence-electron chi connectivity index (χ0n) is 14.6. The van der Waals surface area contributed by atoms with Crippen molar-refractivity contribution < 1.29 is 9.59 Å². The Balaban J connectivity index is 1.40. The molecule has 1 fully saturated rings. The summed E-state index contributed by atoms with van der Waals surface area (Å²) in [7, 11) is 0. The minimum atomic E-state index is 0.0570. The van der Waals surface area contributed by atoms with Gasteiger partial charge in [-0.05, 0) is 42.3 Å². The first kappa shape index (κ1) is 18.9. The maximum Gasteiger partial charge on any atom is 0.232 e. The van der Waals surface area contributed by atoms with Crippen LogP contribution in [0.25, 0.3) is 0 Å². The molecule has 0 spiro atoms. The summed E-state index contributed by atoms with van der Waals surface area (Å²) in [4.78, 5) is 31.7. The van der Waals surface area contributed by atoms with Crippen LogP contribution in [-0.4, -0.2) is 47.1 Å². The zero-order chi connectivity index (χ0) is 18.2. The SMILES string of the molecule is O=C(Cc1cccs1)NCC1CCCN(C(=O)CSc2ccccn2)C1. The van der Waals surface area contributed by atoms with Gasteiger partial charge in [0.1, 0.15) is 0 Å². The Hall–Kier alpha value is -1.86. The number of carbonyl (C=O) groups excluding carboxylic acids is 2. The van der Waals surface area contributed by atoms with E-state index in [1.807, 2.05) is 40.6 Å². The molecule has 2 aromatic rings. The second-order valence-corrected chi connectivity index (χ2v) is 8.39. The Morgan fingerprint density at radius 2 is 2.23 bits per heavy atom. The lowest BCUT2D eigenvalue weighted by atomic mass is 9.98. The number of likely N-dealkylation sites (tertiary alicyclic amines) is 1. The molecule has 1 saturated heterocycles. The molecule has 5 nitrogen and oxygen atoms in total. The van der Waals surface area contributed by atoms with Gasteiger partial charge in [-0.1, -0.05) is 23.9 Å². The number of thioether (sulfide) groups is 1. The number of aromatic nitrogens is 1. The lowest BCUT2D eigenvalue weighted by Crippen LogP contribution is -2.44. The van der Waals surface area contributed by atoms with Gasteiger partial charge in [-0.15, -0.1) is 11.3 Å². The first-order valence-electron chi connectivity index (χ1n) is 8.81. The molecule has 3 heterocycles. The summed E-state index contributed by atoms with van der Waals surface area (Å²) < 4.78 is 0. The highest BCUT2D eigenvalue weighted by molar-refractivity contribution is 7.99. The molecule has 7 heteroatoms. The fraction of sp³-hybridized carbons (Fsp3) is 0.421. The molecule has 0 radical (unpaired) electrons. The average molecular weight is 390 g/mol. The third-order valence-corrected chi connectivity index (χ3v) is 6.16. The van der Waals surface area contributed by atoms with Crippen LogP contribution in [-0.2, 0) is 16.0 Å². The fourth-order valence-corrected chi connectivity index (χ4v) is 4.48. The predicted molar refractivity (Wildman–Crippen MR) is 105 cm³/mol. The van der Waals surface area contributed by atoms with Gasteiger partial charge in [0.05, 0.1) is 17.2 Å². The summed E-state index contributed by atoms with van der Waals surface area (Å²) in [5.41, 5.74) is 0. The fourth-order valence-electron chi connectivity index (χ4n) is 3.01. The van der Waals surface area contributed by atoms with Gasteiger partial charge in [-0.25, -0.2) is 4.98 Å². The van der Waals surface area contributed by atoms with Gasteiger partial charge in [0, 0.05) is 30.7 Å². The number of thiophene rings is 1. The van der Waals surface area contributed by atoms with Gasteiger partial charge in [0.2, 0.25) is 11.8 Å². The Labute approximate surface area is 162 Å². The summed E-state index contributed by atoms with van der Waals surface area (Å²) in [5.74, 6) is 0.950. The number of carbonyl (C=O) groups is 2. The van der Waals surface area contributed by atoms with Crippen LogP contribution < -0.4 is 5.32 Å². The standard InChI is InChI=1S/C19H23N3O2S2/c23-17(11-16-6-4-10-25-16)21-12-15-5-3-9-22(13-15)19(24)14-26-18-7-1-2-8-20-18/h1-2,4,6-8,10,15H,3,5,9,11-14H2,(H,21,23). The maximum atomic E-state index is 12.5. The highest BCUT2D eigenvalue weighted by Crippen LogP contribution is 2.19. The Morgan fingerprint density at radius 1 is 1.31 bits per heavy atom. The van der Waals surface area contributed by atoms with Gasteiger partial charge >= 0.3 is 0 Å². The van der Waals surface area contributed by atoms with Crippen LogP contribution in [0.2, 0.25) is 0 Å². The summed E-state index contributed by atoms with van der Waals surface area (Å²) in [6, 6.07) is 9.65. The van der Waals surface area contributed by atoms with Crippen molar-refractivity contribution in [3.05, 3.63) is 46.8 Å². The van der Waals surface area contributed by atoms with E-state index in [1.165, 1.54) is 11.8 Å². The lowest BCUT2D eigenvalue weighted by molar-refractivity contribution is -0.130. The number of nitrogens with zero attached hydrogens (tertiary/aromatic N) is 2. The maximum absolute atomic E-state index is 12.5. The van der Waals surface area contributed by atoms with Gasteiger partial charge in [-0.2, -0.15) is 0 Å². The van der Waals surface area contributed by atoms with Crippen molar-refractivity contribution in [3.63, 3.8) is 0 Å². The van der Waals surface area contributed by atoms with E-state index in [2.05, 4.69) is 10.3 Å². The van der Waals surface area contributed by atoms with Crippen molar-refractivity contribution in [1.82, 2.24) is 15.2 Å². The number of amides is 2. The van der Waals surface area contributed by atoms with Crippen LogP contribution in [0.3, 0.4) is 0 Å². The number of hydrogen-bond acceptors (Lipinski definition) is 5. The van der Waals surface area contributed by atoms with Crippen molar-refractivity contribution >= 4 is 34.9 Å². The van der Waals surface area contributed by atoms with E-state index < -0.39 is 0 Å². The molecule has 1 N–H and O–H groups in total. The number of hydrogen-bond donors (Lipinski definition) is 1. The van der Waals surface area contributed by atoms with Crippen LogP contribution in [0.15, 0.2) is 46.9 Å². The van der Waals surface area contributed by atoms with Gasteiger partial charge in [0.15, 0.2) is 0 Å². The Morgan fingerprint density at radius 3 is 3.00 bits per heavy atom. The average Bonchev–Trinajstić information content (AvgIpc) is 3.18. The Bertz CT molecular complexity index is 707. The van der Waals surface area contributed by atoms with Crippen LogP contribution in [0.5, 0.6) is 0 Å². The third kappa shape index (κ3) is 5.85. The first-order chi connectivity index (χ1) is 12.7. The molecular formula is C19H23N3O2S2. The van der Waals surface area contributed by atoms with Crippen LogP contribution in [0.4, 0.5) is 0 Å². The van der Waals surface area contributed by atoms with E-state index >= 15 is 0 Å². The van der Waals surface area contributed by atoms with Crippen LogP contribution >= 0.6 is 23.1 Å². The first-order valence-corrected chi connectivity index (χ1v) is 10.7. The quantitative estimate of drug-likeness (QED) is 0.740. The largest absolute Gasteiger partial charge is 0.355 e. The smallest absolute Gasteiger partial charge is 0.232 e. The normalized spacial score (nSPS) is 17.1. The molecular weight excluding hydrogens is 366 g/mol. The van der Waals surface area contributed by atoms with Gasteiger partial charge < -0.3 is 10.2 Å². The van der Waals surface area contributed by atoms with Crippen molar-refractivity contribution in [1.29, 1.82) is 0 Å². The molecule has 0 aliphatic carbocycles. The molecule has 1 atom stereocenters. The van der Waals surface area contributed by atoms with Crippen molar-refractivity contribution in [2.75, 3.05) is 25.4 Å². The summed E-state index contributed by atoms with van der Waals surface area (Å²) in [6.45, 7) is 2.17. The second-order valence-electron chi connectivity index (χ2n) is 6.36. The van der Waals surface area contributed by atoms with Gasteiger partial charge in [0.25, 0.3) is 0 Å². The monoisotopic (exact) mass is 389 g/mol. The second kappa shape index (κ2) is 9.73. The van der Waals surface area contributed by atoms with Crippen molar-refractivity contribution in [3.8, 4) is 0 Å². The van der Waals surface area contributed by atoms with E-state index in [9.17, 15) is 9.59 Å². The molecule has 0 saturated carbocycles. The molecule has 138 valence electrons. The van der Waals surface area contributed by atoms with Crippen LogP contribution in [0.1, 0.15) is 17.7 Å².